The molecule has 0 radical (unpaired) electrons. The van der Waals surface area contributed by atoms with E-state index in [2.05, 4.69) is 10.1 Å². The molecule has 0 saturated carbocycles. The van der Waals surface area contributed by atoms with Crippen molar-refractivity contribution in [3.8, 4) is 6.07 Å². The second-order valence-electron chi connectivity index (χ2n) is 2.86. The standard InChI is InChI=1S/C10H8N4/c11-6-10-12-8-14(13-10)7-9-4-2-1-3-5-9/h1-5,8H,7H2. The third kappa shape index (κ3) is 1.77. The Morgan fingerprint density at radius 2 is 2.07 bits per heavy atom. The maximum Gasteiger partial charge on any atom is 0.252 e. The number of nitriles is 1. The van der Waals surface area contributed by atoms with E-state index >= 15 is 0 Å². The topological polar surface area (TPSA) is 54.5 Å². The van der Waals surface area contributed by atoms with Crippen LogP contribution < -0.4 is 0 Å². The van der Waals surface area contributed by atoms with Crippen molar-refractivity contribution in [2.24, 2.45) is 0 Å². The van der Waals surface area contributed by atoms with Crippen molar-refractivity contribution in [1.82, 2.24) is 14.8 Å². The molecule has 0 N–H and O–H groups in total. The lowest BCUT2D eigenvalue weighted by Gasteiger charge is -1.98. The van der Waals surface area contributed by atoms with Crippen LogP contribution in [0.1, 0.15) is 11.4 Å². The first kappa shape index (κ1) is 8.45. The second-order valence-corrected chi connectivity index (χ2v) is 2.86. The predicted molar refractivity (Wildman–Crippen MR) is 50.3 cm³/mol. The second kappa shape index (κ2) is 3.71. The van der Waals surface area contributed by atoms with Gasteiger partial charge in [-0.25, -0.2) is 9.67 Å². The van der Waals surface area contributed by atoms with Crippen molar-refractivity contribution in [3.63, 3.8) is 0 Å². The van der Waals surface area contributed by atoms with Gasteiger partial charge in [-0.1, -0.05) is 30.3 Å². The lowest BCUT2D eigenvalue weighted by Crippen LogP contribution is -1.99. The number of rotatable bonds is 2. The minimum atomic E-state index is 0.209. The Kier molecular flexibility index (Phi) is 2.24. The van der Waals surface area contributed by atoms with Crippen molar-refractivity contribution >= 4 is 0 Å². The fourth-order valence-electron chi connectivity index (χ4n) is 1.19. The highest BCUT2D eigenvalue weighted by Gasteiger charge is 1.98. The van der Waals surface area contributed by atoms with E-state index in [0.29, 0.717) is 6.54 Å². The first-order valence-electron chi connectivity index (χ1n) is 4.22. The molecule has 1 aromatic carbocycles. The molecule has 2 rings (SSSR count). The van der Waals surface area contributed by atoms with Crippen LogP contribution in [0.15, 0.2) is 36.7 Å². The molecule has 0 aliphatic rings. The highest BCUT2D eigenvalue weighted by molar-refractivity contribution is 5.15. The normalized spacial score (nSPS) is 9.64. The Balaban J connectivity index is 2.16. The van der Waals surface area contributed by atoms with Gasteiger partial charge in [-0.05, 0) is 5.56 Å². The smallest absolute Gasteiger partial charge is 0.247 e. The third-order valence-electron chi connectivity index (χ3n) is 1.82. The fraction of sp³-hybridized carbons (Fsp3) is 0.100. The molecule has 2 aromatic rings. The number of nitrogens with zero attached hydrogens (tertiary/aromatic N) is 4. The molecule has 0 aliphatic carbocycles. The number of aromatic nitrogens is 3. The van der Waals surface area contributed by atoms with Gasteiger partial charge in [0.15, 0.2) is 0 Å². The number of hydrogen-bond acceptors (Lipinski definition) is 3. The van der Waals surface area contributed by atoms with Crippen LogP contribution in [-0.2, 0) is 6.54 Å². The van der Waals surface area contributed by atoms with Crippen molar-refractivity contribution < 1.29 is 0 Å². The number of benzene rings is 1. The van der Waals surface area contributed by atoms with Crippen LogP contribution in [0.3, 0.4) is 0 Å². The zero-order valence-corrected chi connectivity index (χ0v) is 7.46. The lowest BCUT2D eigenvalue weighted by atomic mass is 10.2. The van der Waals surface area contributed by atoms with Crippen molar-refractivity contribution in [3.05, 3.63) is 48.0 Å². The Labute approximate surface area is 81.4 Å². The zero-order chi connectivity index (χ0) is 9.80. The molecular weight excluding hydrogens is 176 g/mol. The summed E-state index contributed by atoms with van der Waals surface area (Å²) in [6.07, 6.45) is 1.56. The van der Waals surface area contributed by atoms with E-state index in [1.165, 1.54) is 0 Å². The monoisotopic (exact) mass is 184 g/mol. The maximum atomic E-state index is 8.53. The quantitative estimate of drug-likeness (QED) is 0.704. The minimum Gasteiger partial charge on any atom is -0.247 e. The molecule has 0 unspecified atom stereocenters. The van der Waals surface area contributed by atoms with E-state index in [1.54, 1.807) is 11.0 Å². The van der Waals surface area contributed by atoms with E-state index in [4.69, 9.17) is 5.26 Å². The average molecular weight is 184 g/mol. The Morgan fingerprint density at radius 1 is 1.29 bits per heavy atom. The van der Waals surface area contributed by atoms with Gasteiger partial charge in [0.25, 0.3) is 5.82 Å². The maximum absolute atomic E-state index is 8.53. The molecule has 0 fully saturated rings. The average Bonchev–Trinajstić information content (AvgIpc) is 2.67. The molecule has 1 aromatic heterocycles. The molecule has 68 valence electrons. The summed E-state index contributed by atoms with van der Waals surface area (Å²) >= 11 is 0. The van der Waals surface area contributed by atoms with Crippen LogP contribution in [0.2, 0.25) is 0 Å². The largest absolute Gasteiger partial charge is 0.252 e. The zero-order valence-electron chi connectivity index (χ0n) is 7.46. The van der Waals surface area contributed by atoms with Gasteiger partial charge in [-0.15, -0.1) is 5.10 Å². The fourth-order valence-corrected chi connectivity index (χ4v) is 1.19. The van der Waals surface area contributed by atoms with Crippen LogP contribution in [0.5, 0.6) is 0 Å². The summed E-state index contributed by atoms with van der Waals surface area (Å²) in [6.45, 7) is 0.648. The van der Waals surface area contributed by atoms with Crippen LogP contribution in [0.25, 0.3) is 0 Å². The van der Waals surface area contributed by atoms with Crippen molar-refractivity contribution in [2.45, 2.75) is 6.54 Å². The summed E-state index contributed by atoms with van der Waals surface area (Å²) in [5, 5.41) is 12.5. The third-order valence-corrected chi connectivity index (χ3v) is 1.82. The van der Waals surface area contributed by atoms with E-state index < -0.39 is 0 Å². The molecule has 4 heteroatoms. The molecule has 0 saturated heterocycles. The molecular formula is C10H8N4. The summed E-state index contributed by atoms with van der Waals surface area (Å²) in [5.74, 6) is 0.209. The van der Waals surface area contributed by atoms with Gasteiger partial charge < -0.3 is 0 Å². The van der Waals surface area contributed by atoms with Crippen LogP contribution >= 0.6 is 0 Å². The van der Waals surface area contributed by atoms with E-state index in [1.807, 2.05) is 36.4 Å². The van der Waals surface area contributed by atoms with Crippen LogP contribution in [0.4, 0.5) is 0 Å². The summed E-state index contributed by atoms with van der Waals surface area (Å²) in [5.41, 5.74) is 1.14. The molecule has 4 nitrogen and oxygen atoms in total. The highest BCUT2D eigenvalue weighted by atomic mass is 15.3. The van der Waals surface area contributed by atoms with E-state index in [9.17, 15) is 0 Å². The molecule has 0 aliphatic heterocycles. The molecule has 14 heavy (non-hydrogen) atoms. The molecule has 1 heterocycles. The lowest BCUT2D eigenvalue weighted by molar-refractivity contribution is 0.682. The summed E-state index contributed by atoms with van der Waals surface area (Å²) < 4.78 is 1.65. The summed E-state index contributed by atoms with van der Waals surface area (Å²) in [7, 11) is 0. The molecule has 0 amide bonds. The Bertz CT molecular complexity index is 452. The van der Waals surface area contributed by atoms with Gasteiger partial charge in [0.2, 0.25) is 0 Å². The highest BCUT2D eigenvalue weighted by Crippen LogP contribution is 2.00. The van der Waals surface area contributed by atoms with Gasteiger partial charge in [0.05, 0.1) is 6.54 Å². The van der Waals surface area contributed by atoms with Crippen LogP contribution in [-0.4, -0.2) is 14.8 Å². The van der Waals surface area contributed by atoms with Gasteiger partial charge in [-0.2, -0.15) is 5.26 Å². The van der Waals surface area contributed by atoms with Crippen LogP contribution in [0, 0.1) is 11.3 Å². The van der Waals surface area contributed by atoms with Gasteiger partial charge in [-0.3, -0.25) is 0 Å². The van der Waals surface area contributed by atoms with E-state index in [-0.39, 0.29) is 5.82 Å². The van der Waals surface area contributed by atoms with Gasteiger partial charge in [0, 0.05) is 0 Å². The molecule has 0 atom stereocenters. The summed E-state index contributed by atoms with van der Waals surface area (Å²) in [6, 6.07) is 11.8. The number of hydrogen-bond donors (Lipinski definition) is 0. The first-order valence-corrected chi connectivity index (χ1v) is 4.22. The Morgan fingerprint density at radius 3 is 2.71 bits per heavy atom. The minimum absolute atomic E-state index is 0.209. The molecule has 0 spiro atoms. The SMILES string of the molecule is N#Cc1ncn(Cc2ccccc2)n1. The Hall–Kier alpha value is -2.15. The van der Waals surface area contributed by atoms with Crippen molar-refractivity contribution in [2.75, 3.05) is 0 Å². The first-order chi connectivity index (χ1) is 6.88. The molecule has 0 bridgehead atoms. The van der Waals surface area contributed by atoms with E-state index in [0.717, 1.165) is 5.56 Å². The van der Waals surface area contributed by atoms with Gasteiger partial charge >= 0.3 is 0 Å². The van der Waals surface area contributed by atoms with Gasteiger partial charge in [0.1, 0.15) is 12.4 Å². The predicted octanol–water partition coefficient (Wildman–Crippen LogP) is 1.20. The summed E-state index contributed by atoms with van der Waals surface area (Å²) in [4.78, 5) is 3.82. The van der Waals surface area contributed by atoms with Crippen molar-refractivity contribution in [1.29, 1.82) is 5.26 Å².